The minimum absolute atomic E-state index is 0.244. The van der Waals surface area contributed by atoms with Gasteiger partial charge >= 0.3 is 0 Å². The van der Waals surface area contributed by atoms with Gasteiger partial charge in [-0.2, -0.15) is 0 Å². The maximum Gasteiger partial charge on any atom is 0.183 e. The first-order chi connectivity index (χ1) is 8.06. The van der Waals surface area contributed by atoms with E-state index in [1.165, 1.54) is 24.1 Å². The number of hydrogen-bond acceptors (Lipinski definition) is 3. The highest BCUT2D eigenvalue weighted by molar-refractivity contribution is 7.10. The zero-order chi connectivity index (χ0) is 12.5. The number of carbonyl (C=O) groups is 1. The average molecular weight is 251 g/mol. The number of likely N-dealkylation sites (N-methyl/N-ethyl adjacent to an activating group) is 1. The Balaban J connectivity index is 2.30. The second kappa shape index (κ2) is 4.91. The fourth-order valence-electron chi connectivity index (χ4n) is 2.85. The molecule has 94 valence electrons. The van der Waals surface area contributed by atoms with Crippen LogP contribution in [0, 0.1) is 6.92 Å². The molecule has 17 heavy (non-hydrogen) atoms. The van der Waals surface area contributed by atoms with E-state index in [1.54, 1.807) is 11.3 Å². The van der Waals surface area contributed by atoms with Gasteiger partial charge in [-0.15, -0.1) is 11.3 Å². The number of hydrogen-bond donors (Lipinski definition) is 0. The van der Waals surface area contributed by atoms with Gasteiger partial charge in [-0.1, -0.05) is 19.3 Å². The minimum atomic E-state index is -0.244. The first-order valence-corrected chi connectivity index (χ1v) is 7.21. The average Bonchev–Trinajstić information content (AvgIpc) is 2.75. The molecule has 0 unspecified atom stereocenters. The summed E-state index contributed by atoms with van der Waals surface area (Å²) < 4.78 is 0. The standard InChI is InChI=1S/C14H21NOS/c1-11-9-12(10-17-11)13(16)14(15(2)3)7-5-4-6-8-14/h9-10H,4-8H2,1-3H3. The van der Waals surface area contributed by atoms with E-state index in [9.17, 15) is 4.79 Å². The molecule has 2 nitrogen and oxygen atoms in total. The smallest absolute Gasteiger partial charge is 0.183 e. The summed E-state index contributed by atoms with van der Waals surface area (Å²) in [5.41, 5.74) is 0.661. The molecule has 0 saturated heterocycles. The predicted octanol–water partition coefficient (Wildman–Crippen LogP) is 3.50. The Morgan fingerprint density at radius 2 is 1.94 bits per heavy atom. The number of ketones is 1. The lowest BCUT2D eigenvalue weighted by atomic mass is 9.76. The fraction of sp³-hybridized carbons (Fsp3) is 0.643. The molecule has 1 fully saturated rings. The Bertz CT molecular complexity index is 402. The van der Waals surface area contributed by atoms with Gasteiger partial charge in [0.05, 0.1) is 5.54 Å². The van der Waals surface area contributed by atoms with E-state index >= 15 is 0 Å². The molecule has 1 aromatic rings. The van der Waals surface area contributed by atoms with Crippen LogP contribution in [0.5, 0.6) is 0 Å². The van der Waals surface area contributed by atoms with Crippen LogP contribution in [0.3, 0.4) is 0 Å². The normalized spacial score (nSPS) is 19.5. The van der Waals surface area contributed by atoms with Gasteiger partial charge < -0.3 is 0 Å². The lowest BCUT2D eigenvalue weighted by molar-refractivity contribution is 0.0564. The molecule has 1 aliphatic rings. The molecule has 0 aliphatic heterocycles. The number of Topliss-reactive ketones (excluding diaryl/α,β-unsaturated/α-hetero) is 1. The van der Waals surface area contributed by atoms with E-state index in [2.05, 4.69) is 11.8 Å². The van der Waals surface area contributed by atoms with E-state index in [4.69, 9.17) is 0 Å². The van der Waals surface area contributed by atoms with Crippen LogP contribution >= 0.6 is 11.3 Å². The summed E-state index contributed by atoms with van der Waals surface area (Å²) in [6, 6.07) is 2.03. The molecule has 0 bridgehead atoms. The van der Waals surface area contributed by atoms with Crippen LogP contribution in [0.2, 0.25) is 0 Å². The van der Waals surface area contributed by atoms with Crippen molar-refractivity contribution in [2.24, 2.45) is 0 Å². The molecule has 2 rings (SSSR count). The van der Waals surface area contributed by atoms with E-state index in [1.807, 2.05) is 25.5 Å². The summed E-state index contributed by atoms with van der Waals surface area (Å²) in [7, 11) is 4.09. The topological polar surface area (TPSA) is 20.3 Å². The van der Waals surface area contributed by atoms with Gasteiger partial charge in [0.25, 0.3) is 0 Å². The van der Waals surface area contributed by atoms with Crippen molar-refractivity contribution in [1.29, 1.82) is 0 Å². The lowest BCUT2D eigenvalue weighted by Gasteiger charge is -2.41. The molecule has 1 aromatic heterocycles. The highest BCUT2D eigenvalue weighted by atomic mass is 32.1. The fourth-order valence-corrected chi connectivity index (χ4v) is 3.53. The van der Waals surface area contributed by atoms with Gasteiger partial charge in [0, 0.05) is 15.8 Å². The molecule has 0 spiro atoms. The Labute approximate surface area is 108 Å². The Kier molecular flexibility index (Phi) is 3.69. The summed E-state index contributed by atoms with van der Waals surface area (Å²) in [4.78, 5) is 16.1. The monoisotopic (exact) mass is 251 g/mol. The molecule has 1 heterocycles. The van der Waals surface area contributed by atoms with Gasteiger partial charge in [0.2, 0.25) is 0 Å². The zero-order valence-electron chi connectivity index (χ0n) is 11.0. The summed E-state index contributed by atoms with van der Waals surface area (Å²) >= 11 is 1.67. The number of thiophene rings is 1. The molecule has 3 heteroatoms. The number of aryl methyl sites for hydroxylation is 1. The van der Waals surface area contributed by atoms with Crippen molar-refractivity contribution in [3.8, 4) is 0 Å². The number of rotatable bonds is 3. The van der Waals surface area contributed by atoms with E-state index in [0.29, 0.717) is 5.78 Å². The molecule has 0 radical (unpaired) electrons. The summed E-state index contributed by atoms with van der Waals surface area (Å²) in [5.74, 6) is 0.326. The first-order valence-electron chi connectivity index (χ1n) is 6.34. The quantitative estimate of drug-likeness (QED) is 0.766. The van der Waals surface area contributed by atoms with Crippen LogP contribution in [0.4, 0.5) is 0 Å². The highest BCUT2D eigenvalue weighted by Crippen LogP contribution is 2.35. The zero-order valence-corrected chi connectivity index (χ0v) is 11.8. The van der Waals surface area contributed by atoms with Crippen molar-refractivity contribution in [2.45, 2.75) is 44.6 Å². The molecular formula is C14H21NOS. The van der Waals surface area contributed by atoms with Crippen molar-refractivity contribution in [2.75, 3.05) is 14.1 Å². The van der Waals surface area contributed by atoms with Gasteiger partial charge in [0.15, 0.2) is 5.78 Å². The second-order valence-corrected chi connectivity index (χ2v) is 6.38. The van der Waals surface area contributed by atoms with Crippen molar-refractivity contribution in [3.63, 3.8) is 0 Å². The second-order valence-electron chi connectivity index (χ2n) is 5.26. The molecular weight excluding hydrogens is 230 g/mol. The number of carbonyl (C=O) groups excluding carboxylic acids is 1. The van der Waals surface area contributed by atoms with E-state index in [0.717, 1.165) is 18.4 Å². The SMILES string of the molecule is Cc1cc(C(=O)C2(N(C)C)CCCCC2)cs1. The summed E-state index contributed by atoms with van der Waals surface area (Å²) in [5, 5.41) is 2.01. The summed E-state index contributed by atoms with van der Waals surface area (Å²) in [6.45, 7) is 2.06. The van der Waals surface area contributed by atoms with Gasteiger partial charge in [0.1, 0.15) is 0 Å². The van der Waals surface area contributed by atoms with Crippen molar-refractivity contribution in [1.82, 2.24) is 4.90 Å². The van der Waals surface area contributed by atoms with Crippen LogP contribution in [0.15, 0.2) is 11.4 Å². The van der Waals surface area contributed by atoms with E-state index < -0.39 is 0 Å². The predicted molar refractivity (Wildman–Crippen MR) is 72.9 cm³/mol. The van der Waals surface area contributed by atoms with Crippen molar-refractivity contribution >= 4 is 17.1 Å². The third-order valence-corrected chi connectivity index (χ3v) is 4.81. The lowest BCUT2D eigenvalue weighted by Crippen LogP contribution is -2.52. The molecule has 0 amide bonds. The maximum atomic E-state index is 12.7. The largest absolute Gasteiger partial charge is 0.297 e. The third kappa shape index (κ3) is 2.31. The van der Waals surface area contributed by atoms with Gasteiger partial charge in [-0.3, -0.25) is 9.69 Å². The van der Waals surface area contributed by atoms with Crippen LogP contribution in [-0.4, -0.2) is 30.3 Å². The number of nitrogens with zero attached hydrogens (tertiary/aromatic N) is 1. The first kappa shape index (κ1) is 12.8. The van der Waals surface area contributed by atoms with Crippen molar-refractivity contribution in [3.05, 3.63) is 21.9 Å². The Morgan fingerprint density at radius 1 is 1.29 bits per heavy atom. The van der Waals surface area contributed by atoms with E-state index in [-0.39, 0.29) is 5.54 Å². The third-order valence-electron chi connectivity index (χ3n) is 3.95. The summed E-state index contributed by atoms with van der Waals surface area (Å²) in [6.07, 6.45) is 5.63. The Hall–Kier alpha value is -0.670. The molecule has 0 N–H and O–H groups in total. The maximum absolute atomic E-state index is 12.7. The van der Waals surface area contributed by atoms with Crippen LogP contribution < -0.4 is 0 Å². The Morgan fingerprint density at radius 3 is 2.41 bits per heavy atom. The molecule has 0 aromatic carbocycles. The minimum Gasteiger partial charge on any atom is -0.297 e. The van der Waals surface area contributed by atoms with Crippen molar-refractivity contribution < 1.29 is 4.79 Å². The highest BCUT2D eigenvalue weighted by Gasteiger charge is 2.41. The molecule has 1 aliphatic carbocycles. The van der Waals surface area contributed by atoms with Crippen LogP contribution in [-0.2, 0) is 0 Å². The molecule has 1 saturated carbocycles. The van der Waals surface area contributed by atoms with Crippen LogP contribution in [0.1, 0.15) is 47.3 Å². The molecule has 0 atom stereocenters. The van der Waals surface area contributed by atoms with Gasteiger partial charge in [-0.25, -0.2) is 0 Å². The van der Waals surface area contributed by atoms with Gasteiger partial charge in [-0.05, 0) is 39.9 Å². The van der Waals surface area contributed by atoms with Crippen LogP contribution in [0.25, 0.3) is 0 Å².